The van der Waals surface area contributed by atoms with Crippen LogP contribution in [0.4, 0.5) is 0 Å². The molecule has 0 nitrogen and oxygen atoms in total. The zero-order valence-electron chi connectivity index (χ0n) is 2.33. The van der Waals surface area contributed by atoms with Crippen molar-refractivity contribution in [3.63, 3.8) is 0 Å². The first-order valence-corrected chi connectivity index (χ1v) is 9.80. The summed E-state index contributed by atoms with van der Waals surface area (Å²) in [5.41, 5.74) is 0. The summed E-state index contributed by atoms with van der Waals surface area (Å²) in [5.74, 6) is 1.89. The molecule has 26 valence electrons. The Balaban J connectivity index is 2.32. The van der Waals surface area contributed by atoms with Crippen LogP contribution >= 0.6 is 20.0 Å². The van der Waals surface area contributed by atoms with E-state index in [0.717, 1.165) is 0 Å². The molecule has 0 aliphatic carbocycles. The van der Waals surface area contributed by atoms with Crippen LogP contribution in [0.3, 0.4) is 0 Å². The van der Waals surface area contributed by atoms with Crippen molar-refractivity contribution in [1.82, 2.24) is 0 Å². The molecule has 0 aromatic carbocycles. The molecule has 0 radical (unpaired) electrons. The number of rotatable bonds is 0. The van der Waals surface area contributed by atoms with Gasteiger partial charge in [-0.2, -0.15) is 0 Å². The molecule has 0 amide bonds. The molecule has 3 heteroatoms. The molecule has 0 N–H and O–H groups in total. The van der Waals surface area contributed by atoms with E-state index < -0.39 is 12.5 Å². The van der Waals surface area contributed by atoms with Crippen molar-refractivity contribution in [2.45, 2.75) is 5.76 Å². The van der Waals surface area contributed by atoms with Crippen LogP contribution in [0.2, 0.25) is 5.76 Å². The molecule has 0 spiro atoms. The van der Waals surface area contributed by atoms with E-state index in [1.54, 1.807) is 0 Å². The molecule has 0 atom stereocenters. The third-order valence-electron chi connectivity index (χ3n) is 0. The second-order valence-corrected chi connectivity index (χ2v) is 10.7. The standard InChI is InChI=1S/CH4Cl2Ge/c1-4(2)3/h4H,1H3. The topological polar surface area (TPSA) is 0 Å². The maximum atomic E-state index is 5.23. The van der Waals surface area contributed by atoms with Gasteiger partial charge in [0.2, 0.25) is 0 Å². The predicted molar refractivity (Wildman–Crippen MR) is 24.7 cm³/mol. The van der Waals surface area contributed by atoms with Gasteiger partial charge in [0.05, 0.1) is 0 Å². The minimum atomic E-state index is -1.53. The monoisotopic (exact) mass is 160 g/mol. The van der Waals surface area contributed by atoms with Crippen molar-refractivity contribution in [2.75, 3.05) is 0 Å². The van der Waals surface area contributed by atoms with Gasteiger partial charge in [0.1, 0.15) is 0 Å². The SMILES string of the molecule is [CH3][GeH]([Cl])[Cl]. The summed E-state index contributed by atoms with van der Waals surface area (Å²) >= 11 is -1.53. The summed E-state index contributed by atoms with van der Waals surface area (Å²) in [4.78, 5) is 0. The van der Waals surface area contributed by atoms with E-state index >= 15 is 0 Å². The average molecular weight is 160 g/mol. The van der Waals surface area contributed by atoms with E-state index in [9.17, 15) is 0 Å². The van der Waals surface area contributed by atoms with Crippen LogP contribution in [0, 0.1) is 0 Å². The van der Waals surface area contributed by atoms with Crippen molar-refractivity contribution in [3.05, 3.63) is 0 Å². The quantitative estimate of drug-likeness (QED) is 0.468. The van der Waals surface area contributed by atoms with Gasteiger partial charge in [-0.05, 0) is 0 Å². The van der Waals surface area contributed by atoms with E-state index in [1.165, 1.54) is 0 Å². The molecule has 0 unspecified atom stereocenters. The molecule has 0 saturated heterocycles. The fourth-order valence-electron chi connectivity index (χ4n) is 0. The van der Waals surface area contributed by atoms with Gasteiger partial charge in [-0.1, -0.05) is 0 Å². The Morgan fingerprint density at radius 1 is 1.50 bits per heavy atom. The number of hydrogen-bond donors (Lipinski definition) is 0. The van der Waals surface area contributed by atoms with Crippen LogP contribution in [-0.4, -0.2) is 12.5 Å². The van der Waals surface area contributed by atoms with Crippen LogP contribution < -0.4 is 0 Å². The molecule has 0 aliphatic rings. The van der Waals surface area contributed by atoms with Crippen LogP contribution in [0.5, 0.6) is 0 Å². The van der Waals surface area contributed by atoms with E-state index in [0.29, 0.717) is 0 Å². The molecule has 0 aromatic heterocycles. The molecule has 0 rings (SSSR count). The van der Waals surface area contributed by atoms with Gasteiger partial charge in [-0.3, -0.25) is 0 Å². The van der Waals surface area contributed by atoms with Crippen molar-refractivity contribution in [2.24, 2.45) is 0 Å². The first-order valence-electron chi connectivity index (χ1n) is 1.01. The van der Waals surface area contributed by atoms with Crippen molar-refractivity contribution < 1.29 is 0 Å². The number of halogens is 2. The first kappa shape index (κ1) is 5.12. The third kappa shape index (κ3) is 11.2. The summed E-state index contributed by atoms with van der Waals surface area (Å²) in [6.07, 6.45) is 0. The van der Waals surface area contributed by atoms with Crippen LogP contribution in [-0.2, 0) is 0 Å². The molecule has 0 heterocycles. The summed E-state index contributed by atoms with van der Waals surface area (Å²) in [5, 5.41) is 0. The van der Waals surface area contributed by atoms with Gasteiger partial charge < -0.3 is 0 Å². The van der Waals surface area contributed by atoms with E-state index in [2.05, 4.69) is 0 Å². The Morgan fingerprint density at radius 3 is 1.50 bits per heavy atom. The summed E-state index contributed by atoms with van der Waals surface area (Å²) in [7, 11) is 10.5. The van der Waals surface area contributed by atoms with Gasteiger partial charge in [-0.15, -0.1) is 0 Å². The van der Waals surface area contributed by atoms with E-state index in [4.69, 9.17) is 20.0 Å². The predicted octanol–water partition coefficient (Wildman–Crippen LogP) is 1.31. The molecule has 0 bridgehead atoms. The zero-order valence-corrected chi connectivity index (χ0v) is 6.27. The Hall–Kier alpha value is 1.12. The second kappa shape index (κ2) is 2.37. The zero-order chi connectivity index (χ0) is 3.58. The maximum absolute atomic E-state index is 5.23. The van der Waals surface area contributed by atoms with Crippen LogP contribution in [0.1, 0.15) is 0 Å². The van der Waals surface area contributed by atoms with Gasteiger partial charge in [0.25, 0.3) is 0 Å². The van der Waals surface area contributed by atoms with E-state index in [1.807, 2.05) is 5.76 Å². The molecular weight excluding hydrogens is 156 g/mol. The Labute approximate surface area is 38.6 Å². The molecule has 0 fully saturated rings. The van der Waals surface area contributed by atoms with Crippen molar-refractivity contribution in [3.8, 4) is 0 Å². The average Bonchev–Trinajstić information content (AvgIpc) is 0.811. The Morgan fingerprint density at radius 2 is 1.50 bits per heavy atom. The summed E-state index contributed by atoms with van der Waals surface area (Å²) in [6, 6.07) is 0. The Kier molecular flexibility index (Phi) is 3.03. The normalized spacial score (nSPS) is 9.00. The third-order valence-corrected chi connectivity index (χ3v) is 0. The van der Waals surface area contributed by atoms with Gasteiger partial charge in [0, 0.05) is 0 Å². The molecule has 0 aliphatic heterocycles. The number of hydrogen-bond acceptors (Lipinski definition) is 0. The molecule has 0 saturated carbocycles. The van der Waals surface area contributed by atoms with Crippen molar-refractivity contribution >= 4 is 32.5 Å². The van der Waals surface area contributed by atoms with Crippen LogP contribution in [0.25, 0.3) is 0 Å². The minimum absolute atomic E-state index is 1.53. The van der Waals surface area contributed by atoms with Gasteiger partial charge >= 0.3 is 38.3 Å². The second-order valence-electron chi connectivity index (χ2n) is 0.519. The van der Waals surface area contributed by atoms with Gasteiger partial charge in [0.15, 0.2) is 0 Å². The fraction of sp³-hybridized carbons (Fsp3) is 1.00. The summed E-state index contributed by atoms with van der Waals surface area (Å²) < 4.78 is 0. The Bertz CT molecular complexity index is 10.8. The van der Waals surface area contributed by atoms with Gasteiger partial charge in [-0.25, -0.2) is 0 Å². The van der Waals surface area contributed by atoms with Crippen LogP contribution in [0.15, 0.2) is 0 Å². The fourth-order valence-corrected chi connectivity index (χ4v) is 0. The summed E-state index contributed by atoms with van der Waals surface area (Å²) in [6.45, 7) is 0. The molecule has 0 aromatic rings. The molecular formula is CH4Cl2Ge. The van der Waals surface area contributed by atoms with E-state index in [-0.39, 0.29) is 0 Å². The van der Waals surface area contributed by atoms with Crippen molar-refractivity contribution in [1.29, 1.82) is 0 Å². The first-order chi connectivity index (χ1) is 1.73. The molecule has 4 heavy (non-hydrogen) atoms.